The summed E-state index contributed by atoms with van der Waals surface area (Å²) in [5.74, 6) is -0.189. The maximum Gasteiger partial charge on any atom is 0.416 e. The Bertz CT molecular complexity index is 366. The number of aromatic hydroxyl groups is 1. The first kappa shape index (κ1) is 10.6. The van der Waals surface area contributed by atoms with Gasteiger partial charge in [0.05, 0.1) is 5.56 Å². The van der Waals surface area contributed by atoms with E-state index >= 15 is 0 Å². The van der Waals surface area contributed by atoms with Crippen molar-refractivity contribution >= 4 is 5.57 Å². The third-order valence-corrected chi connectivity index (χ3v) is 1.78. The molecule has 0 radical (unpaired) electrons. The molecule has 1 N–H and O–H groups in total. The van der Waals surface area contributed by atoms with Crippen molar-refractivity contribution in [3.63, 3.8) is 0 Å². The van der Waals surface area contributed by atoms with Crippen LogP contribution in [0, 0.1) is 0 Å². The highest BCUT2D eigenvalue weighted by atomic mass is 19.4. The molecule has 0 heterocycles. The molecule has 1 rings (SSSR count). The van der Waals surface area contributed by atoms with Crippen molar-refractivity contribution in [2.24, 2.45) is 0 Å². The Kier molecular flexibility index (Phi) is 2.55. The van der Waals surface area contributed by atoms with Gasteiger partial charge >= 0.3 is 6.18 Å². The highest BCUT2D eigenvalue weighted by Gasteiger charge is 2.30. The molecule has 0 saturated heterocycles. The van der Waals surface area contributed by atoms with Crippen LogP contribution in [0.2, 0.25) is 0 Å². The van der Waals surface area contributed by atoms with Gasteiger partial charge in [-0.2, -0.15) is 13.2 Å². The van der Waals surface area contributed by atoms with Crippen LogP contribution in [-0.2, 0) is 6.18 Å². The Morgan fingerprint density at radius 2 is 1.93 bits per heavy atom. The van der Waals surface area contributed by atoms with Gasteiger partial charge in [-0.1, -0.05) is 6.58 Å². The second-order valence-electron chi connectivity index (χ2n) is 3.01. The van der Waals surface area contributed by atoms with Crippen LogP contribution >= 0.6 is 0 Å². The highest BCUT2D eigenvalue weighted by Crippen LogP contribution is 2.34. The van der Waals surface area contributed by atoms with Crippen LogP contribution in [0.3, 0.4) is 0 Å². The van der Waals surface area contributed by atoms with Crippen molar-refractivity contribution in [3.8, 4) is 5.75 Å². The molecule has 0 fully saturated rings. The molecule has 0 aliphatic heterocycles. The third-order valence-electron chi connectivity index (χ3n) is 1.78. The molecule has 14 heavy (non-hydrogen) atoms. The molecule has 0 aromatic heterocycles. The van der Waals surface area contributed by atoms with Crippen LogP contribution in [0.5, 0.6) is 5.75 Å². The van der Waals surface area contributed by atoms with E-state index in [0.29, 0.717) is 5.57 Å². The van der Waals surface area contributed by atoms with E-state index in [9.17, 15) is 18.3 Å². The molecule has 1 nitrogen and oxygen atoms in total. The monoisotopic (exact) mass is 202 g/mol. The standard InChI is InChI=1S/C10H9F3O/c1-6(2)8-5-7(10(11,12)13)3-4-9(8)14/h3-5,14H,1H2,2H3. The number of phenolic OH excluding ortho intramolecular Hbond substituents is 1. The molecule has 0 aliphatic rings. The van der Waals surface area contributed by atoms with Crippen LogP contribution in [0.1, 0.15) is 18.1 Å². The summed E-state index contributed by atoms with van der Waals surface area (Å²) in [7, 11) is 0. The fourth-order valence-electron chi connectivity index (χ4n) is 1.05. The van der Waals surface area contributed by atoms with Crippen LogP contribution in [0.25, 0.3) is 5.57 Å². The van der Waals surface area contributed by atoms with E-state index in [1.54, 1.807) is 0 Å². The number of alkyl halides is 3. The maximum absolute atomic E-state index is 12.3. The summed E-state index contributed by atoms with van der Waals surface area (Å²) in [5, 5.41) is 9.24. The van der Waals surface area contributed by atoms with Crippen molar-refractivity contribution in [1.29, 1.82) is 0 Å². The van der Waals surface area contributed by atoms with Crippen LogP contribution in [0.15, 0.2) is 24.8 Å². The van der Waals surface area contributed by atoms with Gasteiger partial charge in [-0.25, -0.2) is 0 Å². The minimum Gasteiger partial charge on any atom is -0.507 e. The molecule has 76 valence electrons. The first-order valence-electron chi connectivity index (χ1n) is 3.88. The molecule has 4 heteroatoms. The second kappa shape index (κ2) is 3.36. The van der Waals surface area contributed by atoms with Gasteiger partial charge in [0, 0.05) is 5.56 Å². The van der Waals surface area contributed by atoms with Gasteiger partial charge in [0.2, 0.25) is 0 Å². The van der Waals surface area contributed by atoms with Gasteiger partial charge in [-0.15, -0.1) is 0 Å². The molecule has 0 atom stereocenters. The molecular weight excluding hydrogens is 193 g/mol. The Labute approximate surface area is 79.5 Å². The first-order valence-corrected chi connectivity index (χ1v) is 3.88. The number of benzene rings is 1. The number of phenols is 1. The van der Waals surface area contributed by atoms with Crippen molar-refractivity contribution in [2.75, 3.05) is 0 Å². The van der Waals surface area contributed by atoms with Crippen LogP contribution in [0.4, 0.5) is 13.2 Å². The molecule has 0 bridgehead atoms. The lowest BCUT2D eigenvalue weighted by Crippen LogP contribution is -2.04. The zero-order valence-electron chi connectivity index (χ0n) is 7.52. The van der Waals surface area contributed by atoms with Gasteiger partial charge in [0.1, 0.15) is 5.75 Å². The lowest BCUT2D eigenvalue weighted by Gasteiger charge is -2.09. The molecule has 0 unspecified atom stereocenters. The third kappa shape index (κ3) is 2.07. The van der Waals surface area contributed by atoms with Gasteiger partial charge in [-0.3, -0.25) is 0 Å². The van der Waals surface area contributed by atoms with Crippen LogP contribution in [-0.4, -0.2) is 5.11 Å². The normalized spacial score (nSPS) is 11.4. The molecule has 0 amide bonds. The van der Waals surface area contributed by atoms with Gasteiger partial charge in [0.15, 0.2) is 0 Å². The van der Waals surface area contributed by atoms with Gasteiger partial charge < -0.3 is 5.11 Å². The van der Waals surface area contributed by atoms with E-state index in [1.807, 2.05) is 0 Å². The maximum atomic E-state index is 12.3. The van der Waals surface area contributed by atoms with Crippen molar-refractivity contribution in [3.05, 3.63) is 35.9 Å². The van der Waals surface area contributed by atoms with E-state index < -0.39 is 11.7 Å². The lowest BCUT2D eigenvalue weighted by molar-refractivity contribution is -0.137. The minimum absolute atomic E-state index is 0.125. The summed E-state index contributed by atoms with van der Waals surface area (Å²) in [6.45, 7) is 5.02. The van der Waals surface area contributed by atoms with Gasteiger partial charge in [-0.05, 0) is 30.7 Å². The molecule has 1 aromatic rings. The van der Waals surface area contributed by atoms with E-state index in [0.717, 1.165) is 18.2 Å². The van der Waals surface area contributed by atoms with Crippen molar-refractivity contribution in [2.45, 2.75) is 13.1 Å². The predicted octanol–water partition coefficient (Wildman–Crippen LogP) is 3.44. The van der Waals surface area contributed by atoms with E-state index in [4.69, 9.17) is 0 Å². The first-order chi connectivity index (χ1) is 6.32. The lowest BCUT2D eigenvalue weighted by atomic mass is 10.0. The summed E-state index contributed by atoms with van der Waals surface area (Å²) in [4.78, 5) is 0. The Balaban J connectivity index is 3.27. The minimum atomic E-state index is -4.39. The van der Waals surface area contributed by atoms with Crippen molar-refractivity contribution in [1.82, 2.24) is 0 Å². The van der Waals surface area contributed by atoms with E-state index in [-0.39, 0.29) is 11.3 Å². The zero-order valence-corrected chi connectivity index (χ0v) is 7.52. The fourth-order valence-corrected chi connectivity index (χ4v) is 1.05. The Morgan fingerprint density at radius 1 is 1.36 bits per heavy atom. The molecule has 0 saturated carbocycles. The van der Waals surface area contributed by atoms with Gasteiger partial charge in [0.25, 0.3) is 0 Å². The summed E-state index contributed by atoms with van der Waals surface area (Å²) in [6.07, 6.45) is -4.39. The Hall–Kier alpha value is -1.45. The smallest absolute Gasteiger partial charge is 0.416 e. The molecule has 0 aliphatic carbocycles. The van der Waals surface area contributed by atoms with Crippen molar-refractivity contribution < 1.29 is 18.3 Å². The summed E-state index contributed by atoms with van der Waals surface area (Å²) < 4.78 is 36.8. The topological polar surface area (TPSA) is 20.2 Å². The molecule has 1 aromatic carbocycles. The molecule has 0 spiro atoms. The number of hydrogen-bond acceptors (Lipinski definition) is 1. The van der Waals surface area contributed by atoms with E-state index in [1.165, 1.54) is 6.92 Å². The average Bonchev–Trinajstić information content (AvgIpc) is 2.02. The quantitative estimate of drug-likeness (QED) is 0.739. The summed E-state index contributed by atoms with van der Waals surface area (Å²) >= 11 is 0. The number of allylic oxidation sites excluding steroid dienone is 1. The largest absolute Gasteiger partial charge is 0.507 e. The Morgan fingerprint density at radius 3 is 2.36 bits per heavy atom. The predicted molar refractivity (Wildman–Crippen MR) is 47.8 cm³/mol. The number of rotatable bonds is 1. The second-order valence-corrected chi connectivity index (χ2v) is 3.01. The van der Waals surface area contributed by atoms with Crippen LogP contribution < -0.4 is 0 Å². The SMILES string of the molecule is C=C(C)c1cc(C(F)(F)F)ccc1O. The fraction of sp³-hybridized carbons (Fsp3) is 0.200. The summed E-state index contributed by atoms with van der Waals surface area (Å²) in [5.41, 5.74) is -0.262. The highest BCUT2D eigenvalue weighted by molar-refractivity contribution is 5.67. The number of hydrogen-bond donors (Lipinski definition) is 1. The van der Waals surface area contributed by atoms with E-state index in [2.05, 4.69) is 6.58 Å². The average molecular weight is 202 g/mol. The zero-order chi connectivity index (χ0) is 10.9. The number of halogens is 3. The summed E-state index contributed by atoms with van der Waals surface area (Å²) in [6, 6.07) is 2.74. The molecular formula is C10H9F3O.